The van der Waals surface area contributed by atoms with E-state index in [-0.39, 0.29) is 5.91 Å². The molecule has 24 heavy (non-hydrogen) atoms. The number of carbonyl (C=O) groups is 1. The van der Waals surface area contributed by atoms with E-state index in [0.717, 1.165) is 54.3 Å². The van der Waals surface area contributed by atoms with Crippen molar-refractivity contribution >= 4 is 17.2 Å². The molecule has 0 aromatic carbocycles. The highest BCUT2D eigenvalue weighted by molar-refractivity contribution is 7.12. The van der Waals surface area contributed by atoms with Crippen molar-refractivity contribution in [1.82, 2.24) is 14.8 Å². The van der Waals surface area contributed by atoms with Crippen molar-refractivity contribution in [3.8, 4) is 0 Å². The van der Waals surface area contributed by atoms with Crippen LogP contribution in [0, 0.1) is 13.8 Å². The van der Waals surface area contributed by atoms with Crippen LogP contribution >= 0.6 is 11.3 Å². The van der Waals surface area contributed by atoms with Crippen molar-refractivity contribution in [2.45, 2.75) is 45.3 Å². The quantitative estimate of drug-likeness (QED) is 0.860. The van der Waals surface area contributed by atoms with Crippen LogP contribution in [0.25, 0.3) is 0 Å². The lowest BCUT2D eigenvalue weighted by Crippen LogP contribution is -2.39. The highest BCUT2D eigenvalue weighted by Gasteiger charge is 2.44. The fourth-order valence-corrected chi connectivity index (χ4v) is 5.02. The van der Waals surface area contributed by atoms with Gasteiger partial charge in [0.2, 0.25) is 0 Å². The van der Waals surface area contributed by atoms with Crippen molar-refractivity contribution < 1.29 is 4.79 Å². The van der Waals surface area contributed by atoms with Gasteiger partial charge in [-0.15, -0.1) is 11.3 Å². The van der Waals surface area contributed by atoms with E-state index < -0.39 is 0 Å². The number of hydrogen-bond donors (Lipinski definition) is 0. The van der Waals surface area contributed by atoms with Gasteiger partial charge < -0.3 is 4.90 Å². The van der Waals surface area contributed by atoms with Crippen LogP contribution in [0.5, 0.6) is 0 Å². The highest BCUT2D eigenvalue weighted by atomic mass is 32.1. The summed E-state index contributed by atoms with van der Waals surface area (Å²) in [4.78, 5) is 23.1. The van der Waals surface area contributed by atoms with E-state index in [1.165, 1.54) is 0 Å². The Hall–Kier alpha value is -1.72. The number of pyridine rings is 1. The molecule has 5 heteroatoms. The third-order valence-corrected chi connectivity index (χ3v) is 6.32. The van der Waals surface area contributed by atoms with Crippen LogP contribution in [0.3, 0.4) is 0 Å². The predicted octanol–water partition coefficient (Wildman–Crippen LogP) is 3.25. The van der Waals surface area contributed by atoms with Crippen LogP contribution in [-0.2, 0) is 6.54 Å². The molecule has 0 spiro atoms. The Labute approximate surface area is 147 Å². The first-order valence-corrected chi connectivity index (χ1v) is 9.53. The van der Waals surface area contributed by atoms with Gasteiger partial charge in [0.05, 0.1) is 10.6 Å². The third kappa shape index (κ3) is 2.76. The lowest BCUT2D eigenvalue weighted by atomic mass is 10.1. The Morgan fingerprint density at radius 1 is 1.21 bits per heavy atom. The zero-order chi connectivity index (χ0) is 16.7. The second-order valence-electron chi connectivity index (χ2n) is 6.88. The number of aromatic nitrogens is 1. The maximum Gasteiger partial charge on any atom is 0.264 e. The largest absolute Gasteiger partial charge is 0.333 e. The minimum Gasteiger partial charge on any atom is -0.333 e. The first-order chi connectivity index (χ1) is 11.6. The average Bonchev–Trinajstić information content (AvgIpc) is 3.24. The monoisotopic (exact) mass is 341 g/mol. The third-order valence-electron chi connectivity index (χ3n) is 5.32. The van der Waals surface area contributed by atoms with E-state index in [1.54, 1.807) is 11.3 Å². The fraction of sp³-hybridized carbons (Fsp3) is 0.474. The molecule has 2 aromatic rings. The first-order valence-electron chi connectivity index (χ1n) is 8.65. The molecule has 2 aromatic heterocycles. The topological polar surface area (TPSA) is 36.4 Å². The summed E-state index contributed by atoms with van der Waals surface area (Å²) in [5.74, 6) is 0.227. The molecular formula is C19H23N3OS. The molecule has 0 N–H and O–H groups in total. The lowest BCUT2D eigenvalue weighted by molar-refractivity contribution is 0.0736. The zero-order valence-corrected chi connectivity index (χ0v) is 15.1. The molecule has 126 valence electrons. The van der Waals surface area contributed by atoms with Gasteiger partial charge in [-0.05, 0) is 55.8 Å². The second kappa shape index (κ2) is 6.30. The van der Waals surface area contributed by atoms with Gasteiger partial charge in [0.1, 0.15) is 0 Å². The standard InChI is InChI=1S/C19H23N3OS/c1-13-8-11-24-18(13)19(23)22-10-7-16-17(22)6-9-21(16)12-15-5-3-4-14(2)20-15/h3-5,8,11,16-17H,6-7,9-10,12H2,1-2H3/t16-,17+/m1/s1. The van der Waals surface area contributed by atoms with Crippen molar-refractivity contribution in [3.63, 3.8) is 0 Å². The molecule has 0 radical (unpaired) electrons. The number of thiophene rings is 1. The molecule has 0 aliphatic carbocycles. The van der Waals surface area contributed by atoms with E-state index in [0.29, 0.717) is 12.1 Å². The van der Waals surface area contributed by atoms with Crippen molar-refractivity contribution in [2.24, 2.45) is 0 Å². The summed E-state index contributed by atoms with van der Waals surface area (Å²) < 4.78 is 0. The number of hydrogen-bond acceptors (Lipinski definition) is 4. The van der Waals surface area contributed by atoms with Crippen molar-refractivity contribution in [1.29, 1.82) is 0 Å². The van der Waals surface area contributed by atoms with Gasteiger partial charge in [0.25, 0.3) is 5.91 Å². The number of carbonyl (C=O) groups excluding carboxylic acids is 1. The number of fused-ring (bicyclic) bond motifs is 1. The Bertz CT molecular complexity index is 757. The van der Waals surface area contributed by atoms with E-state index >= 15 is 0 Å². The van der Waals surface area contributed by atoms with E-state index in [4.69, 9.17) is 0 Å². The molecule has 2 atom stereocenters. The summed E-state index contributed by atoms with van der Waals surface area (Å²) in [5, 5.41) is 2.01. The molecule has 0 saturated carbocycles. The summed E-state index contributed by atoms with van der Waals surface area (Å²) in [6.45, 7) is 6.89. The predicted molar refractivity (Wildman–Crippen MR) is 96.3 cm³/mol. The molecule has 2 fully saturated rings. The number of aryl methyl sites for hydroxylation is 2. The lowest BCUT2D eigenvalue weighted by Gasteiger charge is -2.25. The zero-order valence-electron chi connectivity index (χ0n) is 14.2. The van der Waals surface area contributed by atoms with Crippen LogP contribution in [0.1, 0.15) is 39.5 Å². The van der Waals surface area contributed by atoms with Crippen molar-refractivity contribution in [3.05, 3.63) is 51.5 Å². The Morgan fingerprint density at radius 3 is 2.79 bits per heavy atom. The molecule has 0 bridgehead atoms. The molecular weight excluding hydrogens is 318 g/mol. The summed E-state index contributed by atoms with van der Waals surface area (Å²) in [7, 11) is 0. The Balaban J connectivity index is 1.47. The fourth-order valence-electron chi connectivity index (χ4n) is 4.14. The minimum atomic E-state index is 0.227. The summed E-state index contributed by atoms with van der Waals surface area (Å²) in [6, 6.07) is 9.11. The summed E-state index contributed by atoms with van der Waals surface area (Å²) in [5.41, 5.74) is 3.31. The number of nitrogens with zero attached hydrogens (tertiary/aromatic N) is 3. The highest BCUT2D eigenvalue weighted by Crippen LogP contribution is 2.34. The van der Waals surface area contributed by atoms with Gasteiger partial charge in [-0.2, -0.15) is 0 Å². The Kier molecular flexibility index (Phi) is 4.14. The van der Waals surface area contributed by atoms with Gasteiger partial charge in [0.15, 0.2) is 0 Å². The average molecular weight is 341 g/mol. The SMILES string of the molecule is Cc1cccc(CN2CC[C@H]3[C@H]2CCN3C(=O)c2sccc2C)n1. The summed E-state index contributed by atoms with van der Waals surface area (Å²) >= 11 is 1.57. The normalized spacial score (nSPS) is 23.7. The Morgan fingerprint density at radius 2 is 2.04 bits per heavy atom. The number of amides is 1. The van der Waals surface area contributed by atoms with Crippen molar-refractivity contribution in [2.75, 3.05) is 13.1 Å². The summed E-state index contributed by atoms with van der Waals surface area (Å²) in [6.07, 6.45) is 2.15. The van der Waals surface area contributed by atoms with Gasteiger partial charge in [0, 0.05) is 37.4 Å². The van der Waals surface area contributed by atoms with Crippen LogP contribution in [0.2, 0.25) is 0 Å². The first kappa shape index (κ1) is 15.8. The van der Waals surface area contributed by atoms with E-state index in [9.17, 15) is 4.79 Å². The number of rotatable bonds is 3. The molecule has 2 aliphatic heterocycles. The number of likely N-dealkylation sites (tertiary alicyclic amines) is 2. The molecule has 4 nitrogen and oxygen atoms in total. The molecule has 0 unspecified atom stereocenters. The van der Waals surface area contributed by atoms with Gasteiger partial charge in [-0.3, -0.25) is 14.7 Å². The maximum absolute atomic E-state index is 12.9. The molecule has 2 saturated heterocycles. The minimum absolute atomic E-state index is 0.227. The van der Waals surface area contributed by atoms with Gasteiger partial charge in [-0.1, -0.05) is 6.07 Å². The molecule has 4 rings (SSSR count). The molecule has 2 aliphatic rings. The maximum atomic E-state index is 12.9. The van der Waals surface area contributed by atoms with E-state index in [1.807, 2.05) is 31.4 Å². The van der Waals surface area contributed by atoms with Crippen LogP contribution < -0.4 is 0 Å². The molecule has 1 amide bonds. The second-order valence-corrected chi connectivity index (χ2v) is 7.80. The molecule has 4 heterocycles. The van der Waals surface area contributed by atoms with Gasteiger partial charge in [-0.25, -0.2) is 0 Å². The van der Waals surface area contributed by atoms with Crippen LogP contribution in [0.4, 0.5) is 0 Å². The smallest absolute Gasteiger partial charge is 0.264 e. The van der Waals surface area contributed by atoms with Crippen LogP contribution in [-0.4, -0.2) is 45.9 Å². The van der Waals surface area contributed by atoms with Gasteiger partial charge >= 0.3 is 0 Å². The van der Waals surface area contributed by atoms with E-state index in [2.05, 4.69) is 26.9 Å². The van der Waals surface area contributed by atoms with Crippen LogP contribution in [0.15, 0.2) is 29.6 Å².